The third-order valence-electron chi connectivity index (χ3n) is 13.9. The van der Waals surface area contributed by atoms with Crippen LogP contribution >= 0.6 is 7.82 Å². The van der Waals surface area contributed by atoms with Gasteiger partial charge in [-0.3, -0.25) is 13.8 Å². The summed E-state index contributed by atoms with van der Waals surface area (Å²) in [6, 6.07) is -0.859. The first-order valence-electron chi connectivity index (χ1n) is 30.2. The lowest BCUT2D eigenvalue weighted by atomic mass is 10.0. The summed E-state index contributed by atoms with van der Waals surface area (Å²) in [4.78, 5) is 23.2. The maximum atomic E-state index is 13.0. The minimum atomic E-state index is -4.35. The third-order valence-corrected chi connectivity index (χ3v) is 14.9. The molecule has 0 spiro atoms. The molecule has 0 aliphatic carbocycles. The standard InChI is InChI=1S/C60H119N2O6P/c1-6-8-10-12-14-16-18-20-21-22-23-24-25-26-27-28-29-30-31-32-33-34-35-36-37-38-39-40-42-44-46-48-50-52-54-60(64)61-58(57-68-69(65,66)67-56-55-62(3,4)5)59(63)53-51-49-47-45-43-41-19-17-15-13-11-9-7-2/h43,45,51,53,58-59,63H,6-42,44,46-50,52,54-57H2,1-5H3,(H-,61,64,65,66)/p+1/b45-43+,53-51+. The number of aliphatic hydroxyl groups is 1. The van der Waals surface area contributed by atoms with Gasteiger partial charge < -0.3 is 19.8 Å². The molecule has 0 aromatic carbocycles. The molecular formula is C60H120N2O6P+. The lowest BCUT2D eigenvalue weighted by Crippen LogP contribution is -2.45. The summed E-state index contributed by atoms with van der Waals surface area (Å²) in [6.45, 7) is 4.82. The summed E-state index contributed by atoms with van der Waals surface area (Å²) < 4.78 is 23.6. The van der Waals surface area contributed by atoms with E-state index in [9.17, 15) is 19.4 Å². The fourth-order valence-corrected chi connectivity index (χ4v) is 9.92. The number of phosphoric ester groups is 1. The van der Waals surface area contributed by atoms with Crippen LogP contribution in [0.15, 0.2) is 24.3 Å². The Hall–Kier alpha value is -1.02. The van der Waals surface area contributed by atoms with E-state index < -0.39 is 20.0 Å². The van der Waals surface area contributed by atoms with Crippen molar-refractivity contribution in [3.05, 3.63) is 24.3 Å². The molecule has 3 N–H and O–H groups in total. The second kappa shape index (κ2) is 51.9. The highest BCUT2D eigenvalue weighted by molar-refractivity contribution is 7.47. The molecule has 410 valence electrons. The van der Waals surface area contributed by atoms with Crippen LogP contribution in [0.3, 0.4) is 0 Å². The van der Waals surface area contributed by atoms with Gasteiger partial charge in [-0.05, 0) is 32.1 Å². The van der Waals surface area contributed by atoms with Gasteiger partial charge in [0, 0.05) is 6.42 Å². The average Bonchev–Trinajstić information content (AvgIpc) is 3.31. The lowest BCUT2D eigenvalue weighted by Gasteiger charge is -2.25. The molecule has 1 amide bonds. The predicted octanol–water partition coefficient (Wildman–Crippen LogP) is 18.4. The summed E-state index contributed by atoms with van der Waals surface area (Å²) >= 11 is 0. The Morgan fingerprint density at radius 3 is 1.16 bits per heavy atom. The quantitative estimate of drug-likeness (QED) is 0.0243. The van der Waals surface area contributed by atoms with Crippen molar-refractivity contribution in [2.75, 3.05) is 40.9 Å². The Bertz CT molecular complexity index is 1170. The third kappa shape index (κ3) is 54.6. The van der Waals surface area contributed by atoms with E-state index in [1.54, 1.807) is 6.08 Å². The summed E-state index contributed by atoms with van der Waals surface area (Å²) in [5, 5.41) is 13.9. The number of nitrogens with zero attached hydrogens (tertiary/aromatic N) is 1. The first-order valence-corrected chi connectivity index (χ1v) is 31.7. The van der Waals surface area contributed by atoms with Gasteiger partial charge in [0.15, 0.2) is 0 Å². The molecule has 0 saturated heterocycles. The number of likely N-dealkylation sites (N-methyl/N-ethyl adjacent to an activating group) is 1. The lowest BCUT2D eigenvalue weighted by molar-refractivity contribution is -0.870. The Morgan fingerprint density at radius 1 is 0.478 bits per heavy atom. The van der Waals surface area contributed by atoms with E-state index >= 15 is 0 Å². The van der Waals surface area contributed by atoms with E-state index in [4.69, 9.17) is 9.05 Å². The van der Waals surface area contributed by atoms with Crippen molar-refractivity contribution in [2.45, 2.75) is 315 Å². The number of carbonyl (C=O) groups is 1. The molecule has 8 nitrogen and oxygen atoms in total. The molecule has 0 saturated carbocycles. The molecule has 0 aliphatic rings. The molecule has 0 bridgehead atoms. The topological polar surface area (TPSA) is 105 Å². The largest absolute Gasteiger partial charge is 0.472 e. The molecule has 0 radical (unpaired) electrons. The van der Waals surface area contributed by atoms with Gasteiger partial charge in [-0.25, -0.2) is 4.57 Å². The van der Waals surface area contributed by atoms with Crippen LogP contribution in [0, 0.1) is 0 Å². The molecule has 0 heterocycles. The fraction of sp³-hybridized carbons (Fsp3) is 0.917. The van der Waals surface area contributed by atoms with Crippen LogP contribution in [-0.4, -0.2) is 73.4 Å². The van der Waals surface area contributed by atoms with Crippen molar-refractivity contribution < 1.29 is 32.9 Å². The van der Waals surface area contributed by atoms with Gasteiger partial charge in [0.05, 0.1) is 39.9 Å². The van der Waals surface area contributed by atoms with Gasteiger partial charge in [-0.15, -0.1) is 0 Å². The van der Waals surface area contributed by atoms with Crippen LogP contribution in [0.25, 0.3) is 0 Å². The molecule has 0 aliphatic heterocycles. The smallest absolute Gasteiger partial charge is 0.387 e. The Kier molecular flexibility index (Phi) is 51.1. The van der Waals surface area contributed by atoms with Crippen LogP contribution in [0.1, 0.15) is 303 Å². The Morgan fingerprint density at radius 2 is 0.797 bits per heavy atom. The minimum Gasteiger partial charge on any atom is -0.387 e. The van der Waals surface area contributed by atoms with E-state index in [2.05, 4.69) is 31.3 Å². The number of amides is 1. The van der Waals surface area contributed by atoms with E-state index in [1.807, 2.05) is 27.2 Å². The number of quaternary nitrogens is 1. The molecule has 0 rings (SSSR count). The van der Waals surface area contributed by atoms with E-state index in [-0.39, 0.29) is 19.1 Å². The number of aliphatic hydroxyl groups excluding tert-OH is 1. The molecule has 0 fully saturated rings. The maximum absolute atomic E-state index is 13.0. The van der Waals surface area contributed by atoms with Crippen LogP contribution in [0.5, 0.6) is 0 Å². The van der Waals surface area contributed by atoms with Gasteiger partial charge in [-0.1, -0.05) is 289 Å². The van der Waals surface area contributed by atoms with E-state index in [0.717, 1.165) is 38.5 Å². The molecule has 3 unspecified atom stereocenters. The first-order chi connectivity index (χ1) is 33.5. The van der Waals surface area contributed by atoms with Crippen LogP contribution in [-0.2, 0) is 18.4 Å². The predicted molar refractivity (Wildman–Crippen MR) is 300 cm³/mol. The Labute approximate surface area is 430 Å². The number of hydrogen-bond acceptors (Lipinski definition) is 5. The number of allylic oxidation sites excluding steroid dienone is 3. The molecular weight excluding hydrogens is 876 g/mol. The highest BCUT2D eigenvalue weighted by Crippen LogP contribution is 2.43. The molecule has 9 heteroatoms. The van der Waals surface area contributed by atoms with Crippen molar-refractivity contribution in [3.63, 3.8) is 0 Å². The molecule has 3 atom stereocenters. The summed E-state index contributed by atoms with van der Waals surface area (Å²) in [7, 11) is 1.57. The SMILES string of the molecule is CCCCCCCCC/C=C/CC/C=C/C(O)C(COP(=O)(O)OCC[N+](C)(C)C)NC(=O)CCCCCCCCCCCCCCCCCCCCCCCCCCCCCCCCCCCC. The highest BCUT2D eigenvalue weighted by atomic mass is 31.2. The summed E-state index contributed by atoms with van der Waals surface area (Å²) in [5.74, 6) is -0.182. The van der Waals surface area contributed by atoms with Gasteiger partial charge in [0.1, 0.15) is 13.2 Å². The number of rotatable bonds is 56. The first kappa shape index (κ1) is 68.0. The van der Waals surface area contributed by atoms with Crippen LogP contribution in [0.4, 0.5) is 0 Å². The monoisotopic (exact) mass is 996 g/mol. The van der Waals surface area contributed by atoms with E-state index in [1.165, 1.54) is 244 Å². The van der Waals surface area contributed by atoms with Crippen LogP contribution < -0.4 is 5.32 Å². The number of nitrogens with one attached hydrogen (secondary N) is 1. The Balaban J connectivity index is 3.94. The second-order valence-corrected chi connectivity index (χ2v) is 23.5. The summed E-state index contributed by atoms with van der Waals surface area (Å²) in [5.41, 5.74) is 0. The minimum absolute atomic E-state index is 0.0585. The fourth-order valence-electron chi connectivity index (χ4n) is 9.18. The zero-order valence-corrected chi connectivity index (χ0v) is 47.7. The van der Waals surface area contributed by atoms with Crippen molar-refractivity contribution in [3.8, 4) is 0 Å². The van der Waals surface area contributed by atoms with Crippen LogP contribution in [0.2, 0.25) is 0 Å². The maximum Gasteiger partial charge on any atom is 0.472 e. The summed E-state index contributed by atoms with van der Waals surface area (Å²) in [6.07, 6.45) is 66.0. The van der Waals surface area contributed by atoms with Crippen molar-refractivity contribution in [2.24, 2.45) is 0 Å². The van der Waals surface area contributed by atoms with Gasteiger partial charge in [0.25, 0.3) is 0 Å². The van der Waals surface area contributed by atoms with Gasteiger partial charge in [0.2, 0.25) is 5.91 Å². The molecule has 0 aromatic heterocycles. The second-order valence-electron chi connectivity index (χ2n) is 22.1. The molecule has 69 heavy (non-hydrogen) atoms. The van der Waals surface area contributed by atoms with Gasteiger partial charge >= 0.3 is 7.82 Å². The number of phosphoric acid groups is 1. The normalized spacial score (nSPS) is 14.0. The van der Waals surface area contributed by atoms with Crippen molar-refractivity contribution in [1.29, 1.82) is 0 Å². The van der Waals surface area contributed by atoms with Crippen molar-refractivity contribution in [1.82, 2.24) is 5.32 Å². The van der Waals surface area contributed by atoms with Crippen molar-refractivity contribution >= 4 is 13.7 Å². The number of unbranched alkanes of at least 4 members (excludes halogenated alkanes) is 41. The zero-order valence-electron chi connectivity index (χ0n) is 46.8. The zero-order chi connectivity index (χ0) is 50.6. The number of hydrogen-bond donors (Lipinski definition) is 3. The molecule has 0 aromatic rings. The van der Waals surface area contributed by atoms with E-state index in [0.29, 0.717) is 17.4 Å². The highest BCUT2D eigenvalue weighted by Gasteiger charge is 2.27. The van der Waals surface area contributed by atoms with Gasteiger partial charge in [-0.2, -0.15) is 0 Å². The average molecular weight is 997 g/mol. The number of carbonyl (C=O) groups excluding carboxylic acids is 1.